The van der Waals surface area contributed by atoms with Gasteiger partial charge in [-0.1, -0.05) is 38.1 Å². The molecule has 2 N–H and O–H groups in total. The Labute approximate surface area is 125 Å². The minimum absolute atomic E-state index is 0.304. The van der Waals surface area contributed by atoms with Crippen LogP contribution >= 0.6 is 0 Å². The van der Waals surface area contributed by atoms with Gasteiger partial charge in [0.05, 0.1) is 5.56 Å². The van der Waals surface area contributed by atoms with Crippen LogP contribution in [0.2, 0.25) is 0 Å². The van der Waals surface area contributed by atoms with Crippen LogP contribution in [-0.4, -0.2) is 11.1 Å². The summed E-state index contributed by atoms with van der Waals surface area (Å²) in [5, 5.41) is 12.1. The molecule has 3 nitrogen and oxygen atoms in total. The predicted molar refractivity (Wildman–Crippen MR) is 85.7 cm³/mol. The lowest BCUT2D eigenvalue weighted by Gasteiger charge is -2.09. The first kappa shape index (κ1) is 15.1. The van der Waals surface area contributed by atoms with Gasteiger partial charge in [-0.05, 0) is 47.7 Å². The average Bonchev–Trinajstić information content (AvgIpc) is 2.46. The van der Waals surface area contributed by atoms with Crippen molar-refractivity contribution in [2.45, 2.75) is 26.8 Å². The molecule has 2 aromatic carbocycles. The number of carboxylic acid groups (broad SMARTS) is 1. The molecule has 3 heteroatoms. The maximum Gasteiger partial charge on any atom is 0.335 e. The summed E-state index contributed by atoms with van der Waals surface area (Å²) in [6, 6.07) is 15.4. The maximum absolute atomic E-state index is 10.8. The minimum atomic E-state index is -0.901. The Kier molecular flexibility index (Phi) is 4.99. The molecule has 0 amide bonds. The van der Waals surface area contributed by atoms with Crippen molar-refractivity contribution in [2.75, 3.05) is 5.32 Å². The molecule has 0 heterocycles. The van der Waals surface area contributed by atoms with Gasteiger partial charge in [0, 0.05) is 12.2 Å². The Bertz CT molecular complexity index is 586. The van der Waals surface area contributed by atoms with Crippen LogP contribution in [-0.2, 0) is 13.0 Å². The van der Waals surface area contributed by atoms with E-state index in [0.717, 1.165) is 18.7 Å². The number of carboxylic acids is 1. The molecule has 0 saturated carbocycles. The molecule has 0 aliphatic heterocycles. The Morgan fingerprint density at radius 3 is 2.10 bits per heavy atom. The number of anilines is 1. The molecular weight excluding hydrogens is 262 g/mol. The monoisotopic (exact) mass is 283 g/mol. The summed E-state index contributed by atoms with van der Waals surface area (Å²) < 4.78 is 0. The van der Waals surface area contributed by atoms with Gasteiger partial charge in [0.15, 0.2) is 0 Å². The molecule has 0 aromatic heterocycles. The zero-order chi connectivity index (χ0) is 15.2. The second-order valence-electron chi connectivity index (χ2n) is 5.65. The van der Waals surface area contributed by atoms with Crippen molar-refractivity contribution in [1.29, 1.82) is 0 Å². The van der Waals surface area contributed by atoms with Gasteiger partial charge in [0.25, 0.3) is 0 Å². The van der Waals surface area contributed by atoms with Crippen LogP contribution < -0.4 is 5.32 Å². The van der Waals surface area contributed by atoms with Crippen LogP contribution in [0.4, 0.5) is 5.69 Å². The summed E-state index contributed by atoms with van der Waals surface area (Å²) in [5.41, 5.74) is 3.80. The van der Waals surface area contributed by atoms with Crippen LogP contribution in [0.3, 0.4) is 0 Å². The molecule has 0 fully saturated rings. The third-order valence-corrected chi connectivity index (χ3v) is 3.30. The number of hydrogen-bond acceptors (Lipinski definition) is 2. The summed E-state index contributed by atoms with van der Waals surface area (Å²) in [4.78, 5) is 10.8. The minimum Gasteiger partial charge on any atom is -0.478 e. The molecule has 0 spiro atoms. The standard InChI is InChI=1S/C18H21NO2/c1-13(2)11-14-3-5-15(6-4-14)12-19-17-9-7-16(8-10-17)18(20)21/h3-10,13,19H,11-12H2,1-2H3,(H,20,21). The van der Waals surface area contributed by atoms with Crippen molar-refractivity contribution in [3.8, 4) is 0 Å². The lowest BCUT2D eigenvalue weighted by Crippen LogP contribution is -2.01. The lowest BCUT2D eigenvalue weighted by molar-refractivity contribution is 0.0697. The van der Waals surface area contributed by atoms with Crippen molar-refractivity contribution < 1.29 is 9.90 Å². The molecule has 0 unspecified atom stereocenters. The van der Waals surface area contributed by atoms with Crippen LogP contribution in [0.5, 0.6) is 0 Å². The van der Waals surface area contributed by atoms with Gasteiger partial charge in [-0.3, -0.25) is 0 Å². The van der Waals surface area contributed by atoms with Crippen molar-refractivity contribution in [3.05, 3.63) is 65.2 Å². The molecule has 0 aliphatic rings. The Morgan fingerprint density at radius 2 is 1.57 bits per heavy atom. The first-order valence-corrected chi connectivity index (χ1v) is 7.19. The van der Waals surface area contributed by atoms with Crippen LogP contribution in [0.1, 0.15) is 35.3 Å². The zero-order valence-corrected chi connectivity index (χ0v) is 12.5. The van der Waals surface area contributed by atoms with E-state index in [9.17, 15) is 4.79 Å². The molecule has 21 heavy (non-hydrogen) atoms. The summed E-state index contributed by atoms with van der Waals surface area (Å²) in [6.45, 7) is 5.17. The molecule has 110 valence electrons. The summed E-state index contributed by atoms with van der Waals surface area (Å²) >= 11 is 0. The lowest BCUT2D eigenvalue weighted by atomic mass is 10.0. The van der Waals surface area contributed by atoms with E-state index in [1.807, 2.05) is 0 Å². The van der Waals surface area contributed by atoms with Gasteiger partial charge in [0.2, 0.25) is 0 Å². The number of aromatic carboxylic acids is 1. The maximum atomic E-state index is 10.8. The van der Waals surface area contributed by atoms with Crippen LogP contribution in [0, 0.1) is 5.92 Å². The van der Waals surface area contributed by atoms with Gasteiger partial charge in [0.1, 0.15) is 0 Å². The molecule has 0 aliphatic carbocycles. The van der Waals surface area contributed by atoms with E-state index < -0.39 is 5.97 Å². The molecule has 0 saturated heterocycles. The topological polar surface area (TPSA) is 49.3 Å². The van der Waals surface area contributed by atoms with Crippen molar-refractivity contribution in [1.82, 2.24) is 0 Å². The van der Waals surface area contributed by atoms with Gasteiger partial charge in [-0.2, -0.15) is 0 Å². The Hall–Kier alpha value is -2.29. The number of nitrogens with one attached hydrogen (secondary N) is 1. The molecule has 2 rings (SSSR count). The van der Waals surface area contributed by atoms with Gasteiger partial charge < -0.3 is 10.4 Å². The van der Waals surface area contributed by atoms with Crippen LogP contribution in [0.15, 0.2) is 48.5 Å². The predicted octanol–water partition coefficient (Wildman–Crippen LogP) is 4.20. The van der Waals surface area contributed by atoms with Crippen LogP contribution in [0.25, 0.3) is 0 Å². The van der Waals surface area contributed by atoms with E-state index in [0.29, 0.717) is 11.5 Å². The van der Waals surface area contributed by atoms with E-state index in [1.165, 1.54) is 11.1 Å². The molecule has 2 aromatic rings. The normalized spacial score (nSPS) is 10.6. The highest BCUT2D eigenvalue weighted by molar-refractivity contribution is 5.87. The Balaban J connectivity index is 1.91. The van der Waals surface area contributed by atoms with Crippen molar-refractivity contribution in [2.24, 2.45) is 5.92 Å². The average molecular weight is 283 g/mol. The first-order valence-electron chi connectivity index (χ1n) is 7.19. The highest BCUT2D eigenvalue weighted by atomic mass is 16.4. The first-order chi connectivity index (χ1) is 10.0. The Morgan fingerprint density at radius 1 is 1.00 bits per heavy atom. The number of benzene rings is 2. The highest BCUT2D eigenvalue weighted by Crippen LogP contribution is 2.13. The number of hydrogen-bond donors (Lipinski definition) is 2. The SMILES string of the molecule is CC(C)Cc1ccc(CNc2ccc(C(=O)O)cc2)cc1. The molecular formula is C18H21NO2. The molecule has 0 atom stereocenters. The third kappa shape index (κ3) is 4.63. The fourth-order valence-electron chi connectivity index (χ4n) is 2.20. The number of carbonyl (C=O) groups is 1. The van der Waals surface area contributed by atoms with Gasteiger partial charge in [-0.15, -0.1) is 0 Å². The van der Waals surface area contributed by atoms with Gasteiger partial charge >= 0.3 is 5.97 Å². The van der Waals surface area contributed by atoms with Crippen molar-refractivity contribution >= 4 is 11.7 Å². The van der Waals surface area contributed by atoms with E-state index in [-0.39, 0.29) is 0 Å². The quantitative estimate of drug-likeness (QED) is 0.835. The van der Waals surface area contributed by atoms with Crippen molar-refractivity contribution in [3.63, 3.8) is 0 Å². The van der Waals surface area contributed by atoms with E-state index in [4.69, 9.17) is 5.11 Å². The van der Waals surface area contributed by atoms with E-state index in [2.05, 4.69) is 43.4 Å². The third-order valence-electron chi connectivity index (χ3n) is 3.30. The smallest absolute Gasteiger partial charge is 0.335 e. The summed E-state index contributed by atoms with van der Waals surface area (Å²) in [7, 11) is 0. The second kappa shape index (κ2) is 6.93. The number of rotatable bonds is 6. The fourth-order valence-corrected chi connectivity index (χ4v) is 2.20. The summed E-state index contributed by atoms with van der Waals surface area (Å²) in [6.07, 6.45) is 1.10. The van der Waals surface area contributed by atoms with E-state index >= 15 is 0 Å². The van der Waals surface area contributed by atoms with Gasteiger partial charge in [-0.25, -0.2) is 4.79 Å². The van der Waals surface area contributed by atoms with E-state index in [1.54, 1.807) is 24.3 Å². The zero-order valence-electron chi connectivity index (χ0n) is 12.5. The largest absolute Gasteiger partial charge is 0.478 e. The summed E-state index contributed by atoms with van der Waals surface area (Å²) in [5.74, 6) is -0.232. The molecule has 0 radical (unpaired) electrons. The molecule has 0 bridgehead atoms. The second-order valence-corrected chi connectivity index (χ2v) is 5.65. The highest BCUT2D eigenvalue weighted by Gasteiger charge is 2.02. The fraction of sp³-hybridized carbons (Fsp3) is 0.278.